The number of halogens is 2. The molecule has 0 aliphatic carbocycles. The van der Waals surface area contributed by atoms with Gasteiger partial charge in [0.2, 0.25) is 0 Å². The molecule has 0 unspecified atom stereocenters. The molecule has 0 N–H and O–H groups in total. The molecule has 0 saturated carbocycles. The zero-order valence-corrected chi connectivity index (χ0v) is 7.02. The fourth-order valence-electron chi connectivity index (χ4n) is 1.12. The number of aromatic nitrogens is 1. The first-order valence-electron chi connectivity index (χ1n) is 3.40. The van der Waals surface area contributed by atoms with Crippen LogP contribution >= 0.6 is 11.6 Å². The van der Waals surface area contributed by atoms with E-state index >= 15 is 0 Å². The average molecular weight is 186 g/mol. The highest BCUT2D eigenvalue weighted by atomic mass is 35.5. The molecule has 1 aromatic heterocycles. The van der Waals surface area contributed by atoms with Crippen molar-refractivity contribution in [2.75, 3.05) is 0 Å². The normalized spacial score (nSPS) is 10.9. The van der Waals surface area contributed by atoms with Gasteiger partial charge in [-0.1, -0.05) is 16.8 Å². The van der Waals surface area contributed by atoms with E-state index in [9.17, 15) is 4.39 Å². The Hall–Kier alpha value is -1.09. The van der Waals surface area contributed by atoms with Gasteiger partial charge in [-0.25, -0.2) is 4.39 Å². The summed E-state index contributed by atoms with van der Waals surface area (Å²) in [6, 6.07) is 2.75. The zero-order valence-electron chi connectivity index (χ0n) is 6.27. The van der Waals surface area contributed by atoms with Crippen molar-refractivity contribution in [3.63, 3.8) is 0 Å². The van der Waals surface area contributed by atoms with Gasteiger partial charge in [0.1, 0.15) is 5.82 Å². The highest BCUT2D eigenvalue weighted by molar-refractivity contribution is 6.34. The second-order valence-electron chi connectivity index (χ2n) is 2.50. The Morgan fingerprint density at radius 2 is 2.25 bits per heavy atom. The van der Waals surface area contributed by atoms with Gasteiger partial charge in [-0.15, -0.1) is 0 Å². The summed E-state index contributed by atoms with van der Waals surface area (Å²) in [7, 11) is 0. The molecular formula is C8H5ClFNO. The summed E-state index contributed by atoms with van der Waals surface area (Å²) in [4.78, 5) is 0. The van der Waals surface area contributed by atoms with Gasteiger partial charge >= 0.3 is 0 Å². The number of hydrogen-bond donors (Lipinski definition) is 0. The lowest BCUT2D eigenvalue weighted by Gasteiger charge is -1.92. The van der Waals surface area contributed by atoms with Crippen LogP contribution in [0.2, 0.25) is 5.02 Å². The summed E-state index contributed by atoms with van der Waals surface area (Å²) < 4.78 is 17.9. The van der Waals surface area contributed by atoms with Crippen molar-refractivity contribution < 1.29 is 8.91 Å². The van der Waals surface area contributed by atoms with Crippen molar-refractivity contribution in [3.8, 4) is 0 Å². The zero-order chi connectivity index (χ0) is 8.72. The van der Waals surface area contributed by atoms with Crippen molar-refractivity contribution in [1.82, 2.24) is 5.16 Å². The van der Waals surface area contributed by atoms with Gasteiger partial charge in [-0.05, 0) is 19.1 Å². The Morgan fingerprint density at radius 1 is 1.50 bits per heavy atom. The molecule has 0 amide bonds. The molecule has 0 fully saturated rings. The van der Waals surface area contributed by atoms with Crippen LogP contribution in [0.15, 0.2) is 16.7 Å². The SMILES string of the molecule is Cc1noc2c(Cl)ccc(F)c12. The van der Waals surface area contributed by atoms with Gasteiger partial charge in [0, 0.05) is 0 Å². The van der Waals surface area contributed by atoms with Crippen LogP contribution in [0.3, 0.4) is 0 Å². The van der Waals surface area contributed by atoms with Crippen LogP contribution in [-0.4, -0.2) is 5.16 Å². The van der Waals surface area contributed by atoms with Crippen molar-refractivity contribution in [1.29, 1.82) is 0 Å². The van der Waals surface area contributed by atoms with E-state index in [-0.39, 0.29) is 5.82 Å². The summed E-state index contributed by atoms with van der Waals surface area (Å²) in [6.07, 6.45) is 0. The molecule has 0 radical (unpaired) electrons. The first-order chi connectivity index (χ1) is 5.70. The van der Waals surface area contributed by atoms with Gasteiger partial charge in [-0.3, -0.25) is 0 Å². The first-order valence-corrected chi connectivity index (χ1v) is 3.78. The molecule has 0 atom stereocenters. The van der Waals surface area contributed by atoms with Crippen molar-refractivity contribution in [2.45, 2.75) is 6.92 Å². The minimum Gasteiger partial charge on any atom is -0.354 e. The lowest BCUT2D eigenvalue weighted by atomic mass is 10.2. The number of benzene rings is 1. The second kappa shape index (κ2) is 2.45. The van der Waals surface area contributed by atoms with Crippen molar-refractivity contribution in [2.24, 2.45) is 0 Å². The fourth-order valence-corrected chi connectivity index (χ4v) is 1.31. The van der Waals surface area contributed by atoms with Crippen LogP contribution in [0, 0.1) is 12.7 Å². The average Bonchev–Trinajstić information content (AvgIpc) is 2.42. The van der Waals surface area contributed by atoms with Gasteiger partial charge in [0.05, 0.1) is 16.1 Å². The summed E-state index contributed by atoms with van der Waals surface area (Å²) in [5, 5.41) is 4.36. The predicted octanol–water partition coefficient (Wildman–Crippen LogP) is 2.93. The van der Waals surface area contributed by atoms with E-state index in [1.165, 1.54) is 12.1 Å². The second-order valence-corrected chi connectivity index (χ2v) is 2.91. The maximum atomic E-state index is 13.1. The monoisotopic (exact) mass is 185 g/mol. The molecule has 12 heavy (non-hydrogen) atoms. The smallest absolute Gasteiger partial charge is 0.188 e. The number of hydrogen-bond acceptors (Lipinski definition) is 2. The number of aryl methyl sites for hydroxylation is 1. The number of rotatable bonds is 0. The molecule has 0 spiro atoms. The maximum Gasteiger partial charge on any atom is 0.188 e. The minimum absolute atomic E-state index is 0.314. The Morgan fingerprint density at radius 3 is 2.92 bits per heavy atom. The highest BCUT2D eigenvalue weighted by Gasteiger charge is 2.11. The summed E-state index contributed by atoms with van der Waals surface area (Å²) in [6.45, 7) is 1.67. The van der Waals surface area contributed by atoms with E-state index in [2.05, 4.69) is 5.16 Å². The Kier molecular flexibility index (Phi) is 1.54. The maximum absolute atomic E-state index is 13.1. The first kappa shape index (κ1) is 7.55. The highest BCUT2D eigenvalue weighted by Crippen LogP contribution is 2.27. The minimum atomic E-state index is -0.354. The lowest BCUT2D eigenvalue weighted by Crippen LogP contribution is -1.78. The Bertz CT molecular complexity index is 438. The van der Waals surface area contributed by atoms with Gasteiger partial charge < -0.3 is 4.52 Å². The van der Waals surface area contributed by atoms with Crippen LogP contribution in [-0.2, 0) is 0 Å². The van der Waals surface area contributed by atoms with Crippen LogP contribution in [0.1, 0.15) is 5.69 Å². The molecule has 0 saturated heterocycles. The van der Waals surface area contributed by atoms with E-state index in [1.807, 2.05) is 0 Å². The molecule has 0 bridgehead atoms. The standard InChI is InChI=1S/C8H5ClFNO/c1-4-7-6(10)3-2-5(9)8(7)12-11-4/h2-3H,1H3. The van der Waals surface area contributed by atoms with E-state index in [4.69, 9.17) is 16.1 Å². The third-order valence-corrected chi connectivity index (χ3v) is 1.99. The van der Waals surface area contributed by atoms with Crippen molar-refractivity contribution >= 4 is 22.6 Å². The lowest BCUT2D eigenvalue weighted by molar-refractivity contribution is 0.450. The third-order valence-electron chi connectivity index (χ3n) is 1.69. The largest absolute Gasteiger partial charge is 0.354 e. The molecule has 2 aromatic rings. The molecule has 0 aliphatic rings. The Labute approximate surface area is 72.9 Å². The molecule has 0 aliphatic heterocycles. The van der Waals surface area contributed by atoms with E-state index in [0.29, 0.717) is 21.7 Å². The van der Waals surface area contributed by atoms with Crippen LogP contribution in [0.5, 0.6) is 0 Å². The van der Waals surface area contributed by atoms with Gasteiger partial charge in [-0.2, -0.15) is 0 Å². The number of fused-ring (bicyclic) bond motifs is 1. The summed E-state index contributed by atoms with van der Waals surface area (Å²) >= 11 is 5.74. The molecule has 2 nitrogen and oxygen atoms in total. The fraction of sp³-hybridized carbons (Fsp3) is 0.125. The van der Waals surface area contributed by atoms with E-state index in [0.717, 1.165) is 0 Å². The molecular weight excluding hydrogens is 181 g/mol. The van der Waals surface area contributed by atoms with E-state index in [1.54, 1.807) is 6.92 Å². The van der Waals surface area contributed by atoms with Gasteiger partial charge in [0.15, 0.2) is 5.58 Å². The molecule has 4 heteroatoms. The molecule has 1 aromatic carbocycles. The quantitative estimate of drug-likeness (QED) is 0.631. The molecule has 62 valence electrons. The van der Waals surface area contributed by atoms with Crippen LogP contribution < -0.4 is 0 Å². The summed E-state index contributed by atoms with van der Waals surface area (Å²) in [5.74, 6) is -0.354. The van der Waals surface area contributed by atoms with E-state index < -0.39 is 0 Å². The predicted molar refractivity (Wildman–Crippen MR) is 43.7 cm³/mol. The molecule has 1 heterocycles. The number of nitrogens with zero attached hydrogens (tertiary/aromatic N) is 1. The summed E-state index contributed by atoms with van der Waals surface area (Å²) in [5.41, 5.74) is 0.833. The topological polar surface area (TPSA) is 26.0 Å². The third kappa shape index (κ3) is 0.898. The Balaban J connectivity index is 2.98. The van der Waals surface area contributed by atoms with Crippen LogP contribution in [0.4, 0.5) is 4.39 Å². The van der Waals surface area contributed by atoms with Crippen molar-refractivity contribution in [3.05, 3.63) is 28.7 Å². The van der Waals surface area contributed by atoms with Gasteiger partial charge in [0.25, 0.3) is 0 Å². The molecule has 2 rings (SSSR count). The van der Waals surface area contributed by atoms with Crippen LogP contribution in [0.25, 0.3) is 11.0 Å².